The van der Waals surface area contributed by atoms with Gasteiger partial charge in [-0.1, -0.05) is 6.42 Å². The van der Waals surface area contributed by atoms with Gasteiger partial charge < -0.3 is 5.11 Å². The van der Waals surface area contributed by atoms with Crippen LogP contribution in [0.1, 0.15) is 51.9 Å². The zero-order valence-electron chi connectivity index (χ0n) is 9.31. The van der Waals surface area contributed by atoms with Gasteiger partial charge in [-0.2, -0.15) is 0 Å². The fraction of sp³-hybridized carbons (Fsp3) is 0.769. The van der Waals surface area contributed by atoms with E-state index in [0.29, 0.717) is 5.41 Å². The molecule has 0 saturated heterocycles. The van der Waals surface area contributed by atoms with Gasteiger partial charge in [-0.05, 0) is 44.4 Å². The van der Waals surface area contributed by atoms with E-state index in [0.717, 1.165) is 25.7 Å². The number of aliphatic carboxylic acids is 1. The Hall–Kier alpha value is -0.970. The molecule has 2 nitrogen and oxygen atoms in total. The van der Waals surface area contributed by atoms with Crippen molar-refractivity contribution in [3.63, 3.8) is 0 Å². The second-order valence-electron chi connectivity index (χ2n) is 5.22. The van der Waals surface area contributed by atoms with Crippen LogP contribution in [0, 0.1) is 22.7 Å². The summed E-state index contributed by atoms with van der Waals surface area (Å²) in [5, 5.41) is 9.29. The number of carboxylic acids is 1. The van der Waals surface area contributed by atoms with Crippen LogP contribution in [0.15, 0.2) is 0 Å². The van der Waals surface area contributed by atoms with Crippen molar-refractivity contribution in [1.82, 2.24) is 0 Å². The van der Waals surface area contributed by atoms with Crippen LogP contribution in [0.4, 0.5) is 0 Å². The highest BCUT2D eigenvalue weighted by Gasteiger charge is 2.60. The molecule has 82 valence electrons. The molecule has 2 heteroatoms. The highest BCUT2D eigenvalue weighted by atomic mass is 16.4. The summed E-state index contributed by atoms with van der Waals surface area (Å²) in [7, 11) is 0. The molecule has 0 aromatic heterocycles. The molecule has 15 heavy (non-hydrogen) atoms. The lowest BCUT2D eigenvalue weighted by atomic mass is 9.44. The van der Waals surface area contributed by atoms with Gasteiger partial charge in [-0.3, -0.25) is 4.79 Å². The Morgan fingerprint density at radius 1 is 1.40 bits per heavy atom. The van der Waals surface area contributed by atoms with Gasteiger partial charge >= 0.3 is 5.97 Å². The molecular weight excluding hydrogens is 188 g/mol. The lowest BCUT2D eigenvalue weighted by molar-refractivity contribution is -0.175. The molecule has 0 unspecified atom stereocenters. The van der Waals surface area contributed by atoms with Crippen LogP contribution in [-0.4, -0.2) is 11.1 Å². The highest BCUT2D eigenvalue weighted by Crippen LogP contribution is 2.65. The first-order chi connectivity index (χ1) is 7.13. The minimum Gasteiger partial charge on any atom is -0.481 e. The SMILES string of the molecule is CC#CCCC1(C(=O)O)CC2(CCC2)C1. The van der Waals surface area contributed by atoms with E-state index >= 15 is 0 Å². The van der Waals surface area contributed by atoms with Gasteiger partial charge in [0.2, 0.25) is 0 Å². The van der Waals surface area contributed by atoms with E-state index in [1.54, 1.807) is 0 Å². The first kappa shape index (κ1) is 10.5. The summed E-state index contributed by atoms with van der Waals surface area (Å²) in [6.45, 7) is 1.81. The van der Waals surface area contributed by atoms with Crippen LogP contribution in [-0.2, 0) is 4.79 Å². The number of carbonyl (C=O) groups is 1. The Morgan fingerprint density at radius 2 is 2.07 bits per heavy atom. The van der Waals surface area contributed by atoms with Crippen LogP contribution in [0.5, 0.6) is 0 Å². The van der Waals surface area contributed by atoms with E-state index in [4.69, 9.17) is 0 Å². The van der Waals surface area contributed by atoms with Crippen LogP contribution < -0.4 is 0 Å². The zero-order chi connectivity index (χ0) is 10.9. The predicted octanol–water partition coefficient (Wildman–Crippen LogP) is 2.83. The van der Waals surface area contributed by atoms with E-state index in [1.165, 1.54) is 19.3 Å². The minimum atomic E-state index is -0.599. The molecule has 0 amide bonds. The van der Waals surface area contributed by atoms with Gasteiger partial charge in [0, 0.05) is 6.42 Å². The quantitative estimate of drug-likeness (QED) is 0.721. The molecule has 0 radical (unpaired) electrons. The summed E-state index contributed by atoms with van der Waals surface area (Å²) < 4.78 is 0. The summed E-state index contributed by atoms with van der Waals surface area (Å²) in [5.41, 5.74) is 0.00228. The van der Waals surface area contributed by atoms with Crippen LogP contribution in [0.3, 0.4) is 0 Å². The van der Waals surface area contributed by atoms with E-state index in [9.17, 15) is 9.90 Å². The van der Waals surface area contributed by atoms with E-state index in [-0.39, 0.29) is 0 Å². The maximum atomic E-state index is 11.3. The molecule has 0 aromatic rings. The fourth-order valence-corrected chi connectivity index (χ4v) is 3.28. The molecule has 0 heterocycles. The molecule has 2 saturated carbocycles. The van der Waals surface area contributed by atoms with Gasteiger partial charge in [-0.15, -0.1) is 11.8 Å². The number of rotatable bonds is 3. The van der Waals surface area contributed by atoms with E-state index < -0.39 is 11.4 Å². The van der Waals surface area contributed by atoms with Crippen molar-refractivity contribution in [2.24, 2.45) is 10.8 Å². The lowest BCUT2D eigenvalue weighted by Crippen LogP contribution is -2.54. The second kappa shape index (κ2) is 3.56. The monoisotopic (exact) mass is 206 g/mol. The first-order valence-electron chi connectivity index (χ1n) is 5.76. The van der Waals surface area contributed by atoms with Crippen LogP contribution in [0.2, 0.25) is 0 Å². The normalized spacial score (nSPS) is 24.6. The highest BCUT2D eigenvalue weighted by molar-refractivity contribution is 5.76. The topological polar surface area (TPSA) is 37.3 Å². The summed E-state index contributed by atoms with van der Waals surface area (Å²) in [5.74, 6) is 5.21. The average Bonchev–Trinajstić information content (AvgIpc) is 2.05. The zero-order valence-corrected chi connectivity index (χ0v) is 9.31. The Balaban J connectivity index is 1.94. The average molecular weight is 206 g/mol. The standard InChI is InChI=1S/C13H18O2/c1-2-3-4-8-13(11(14)15)9-12(10-13)6-5-7-12/h4-10H2,1H3,(H,14,15). The van der Waals surface area contributed by atoms with Gasteiger partial charge in [0.05, 0.1) is 5.41 Å². The molecule has 2 rings (SSSR count). The molecule has 1 spiro atoms. The van der Waals surface area contributed by atoms with Crippen molar-refractivity contribution < 1.29 is 9.90 Å². The van der Waals surface area contributed by atoms with Crippen molar-refractivity contribution in [2.75, 3.05) is 0 Å². The molecule has 0 aliphatic heterocycles. The smallest absolute Gasteiger partial charge is 0.309 e. The fourth-order valence-electron chi connectivity index (χ4n) is 3.28. The van der Waals surface area contributed by atoms with Crippen LogP contribution in [0.25, 0.3) is 0 Å². The van der Waals surface area contributed by atoms with Gasteiger partial charge in [-0.25, -0.2) is 0 Å². The third-order valence-electron chi connectivity index (χ3n) is 4.20. The number of hydrogen-bond donors (Lipinski definition) is 1. The van der Waals surface area contributed by atoms with E-state index in [1.807, 2.05) is 6.92 Å². The Bertz CT molecular complexity index is 320. The van der Waals surface area contributed by atoms with Crippen LogP contribution >= 0.6 is 0 Å². The Morgan fingerprint density at radius 3 is 2.47 bits per heavy atom. The second-order valence-corrected chi connectivity index (χ2v) is 5.22. The number of hydrogen-bond acceptors (Lipinski definition) is 1. The third-order valence-corrected chi connectivity index (χ3v) is 4.20. The van der Waals surface area contributed by atoms with Gasteiger partial charge in [0.1, 0.15) is 0 Å². The van der Waals surface area contributed by atoms with Crippen molar-refractivity contribution in [2.45, 2.75) is 51.9 Å². The molecule has 1 N–H and O–H groups in total. The lowest BCUT2D eigenvalue weighted by Gasteiger charge is -2.59. The third kappa shape index (κ3) is 1.65. The molecule has 0 aromatic carbocycles. The first-order valence-corrected chi connectivity index (χ1v) is 5.76. The molecule has 2 fully saturated rings. The van der Waals surface area contributed by atoms with Gasteiger partial charge in [0.15, 0.2) is 0 Å². The molecule has 2 aliphatic rings. The summed E-state index contributed by atoms with van der Waals surface area (Å²) in [4.78, 5) is 11.3. The number of carboxylic acid groups (broad SMARTS) is 1. The summed E-state index contributed by atoms with van der Waals surface area (Å²) >= 11 is 0. The summed E-state index contributed by atoms with van der Waals surface area (Å²) in [6, 6.07) is 0. The van der Waals surface area contributed by atoms with Crippen molar-refractivity contribution in [3.8, 4) is 11.8 Å². The molecule has 2 aliphatic carbocycles. The molecule has 0 atom stereocenters. The van der Waals surface area contributed by atoms with Crippen molar-refractivity contribution in [1.29, 1.82) is 0 Å². The Kier molecular flexibility index (Phi) is 2.50. The van der Waals surface area contributed by atoms with E-state index in [2.05, 4.69) is 11.8 Å². The maximum absolute atomic E-state index is 11.3. The predicted molar refractivity (Wildman–Crippen MR) is 58.3 cm³/mol. The van der Waals surface area contributed by atoms with Crippen molar-refractivity contribution in [3.05, 3.63) is 0 Å². The summed E-state index contributed by atoms with van der Waals surface area (Å²) in [6.07, 6.45) is 7.08. The van der Waals surface area contributed by atoms with Gasteiger partial charge in [0.25, 0.3) is 0 Å². The largest absolute Gasteiger partial charge is 0.481 e. The Labute approximate surface area is 91.1 Å². The van der Waals surface area contributed by atoms with Crippen molar-refractivity contribution >= 4 is 5.97 Å². The molecular formula is C13H18O2. The molecule has 0 bridgehead atoms. The minimum absolute atomic E-state index is 0.426. The maximum Gasteiger partial charge on any atom is 0.309 e.